The van der Waals surface area contributed by atoms with Gasteiger partial charge in [0.25, 0.3) is 5.91 Å². The van der Waals surface area contributed by atoms with Crippen molar-refractivity contribution in [2.45, 2.75) is 157 Å². The second-order valence-corrected chi connectivity index (χ2v) is 20.3. The Bertz CT molecular complexity index is 2190. The summed E-state index contributed by atoms with van der Waals surface area (Å²) >= 11 is 0. The third-order valence-electron chi connectivity index (χ3n) is 10.2. The average Bonchev–Trinajstić information content (AvgIpc) is 3.37. The highest BCUT2D eigenvalue weighted by Crippen LogP contribution is 2.51. The summed E-state index contributed by atoms with van der Waals surface area (Å²) in [5, 5.41) is 3.32. The molecule has 0 saturated heterocycles. The maximum Gasteiger partial charge on any atom is 0.425 e. The molecule has 1 fully saturated rings. The van der Waals surface area contributed by atoms with Crippen LogP contribution >= 0.6 is 0 Å². The molecule has 1 saturated carbocycles. The molecule has 17 heteroatoms. The lowest BCUT2D eigenvalue weighted by atomic mass is 9.76. The Morgan fingerprint density at radius 3 is 1.77 bits per heavy atom. The predicted octanol–water partition coefficient (Wildman–Crippen LogP) is 10.6. The van der Waals surface area contributed by atoms with E-state index in [2.05, 4.69) is 15.3 Å². The monoisotopic (exact) mass is 902 g/mol. The first-order chi connectivity index (χ1) is 30.1. The van der Waals surface area contributed by atoms with Crippen LogP contribution in [0.5, 0.6) is 11.5 Å². The lowest BCUT2D eigenvalue weighted by Crippen LogP contribution is -2.45. The van der Waals surface area contributed by atoms with Crippen molar-refractivity contribution in [1.82, 2.24) is 19.8 Å². The normalized spacial score (nSPS) is 14.9. The van der Waals surface area contributed by atoms with Gasteiger partial charge in [-0.3, -0.25) is 4.79 Å². The summed E-state index contributed by atoms with van der Waals surface area (Å²) in [6, 6.07) is 11.5. The first-order valence-electron chi connectivity index (χ1n) is 22.0. The number of fused-ring (bicyclic) bond motifs is 2. The van der Waals surface area contributed by atoms with Gasteiger partial charge >= 0.3 is 24.4 Å². The zero-order valence-corrected chi connectivity index (χ0v) is 40.4. The highest BCUT2D eigenvalue weighted by Gasteiger charge is 2.50. The minimum absolute atomic E-state index is 0.00431. The van der Waals surface area contributed by atoms with Gasteiger partial charge in [-0.1, -0.05) is 31.4 Å². The molecular weight excluding hydrogens is 837 g/mol. The van der Waals surface area contributed by atoms with E-state index in [1.54, 1.807) is 90.2 Å². The number of ether oxygens (including phenoxy) is 6. The Balaban J connectivity index is 1.61. The van der Waals surface area contributed by atoms with Gasteiger partial charge in [-0.2, -0.15) is 4.90 Å². The van der Waals surface area contributed by atoms with Gasteiger partial charge < -0.3 is 38.6 Å². The number of anilines is 3. The quantitative estimate of drug-likeness (QED) is 0.189. The van der Waals surface area contributed by atoms with E-state index < -0.39 is 65.5 Å². The molecule has 5 rings (SSSR count). The number of rotatable bonds is 10. The number of nitrogens with one attached hydrogen (secondary N) is 1. The smallest absolute Gasteiger partial charge is 0.425 e. The number of aromatic nitrogens is 2. The molecule has 1 aromatic heterocycles. The molecule has 1 N–H and O–H groups in total. The fourth-order valence-electron chi connectivity index (χ4n) is 7.67. The van der Waals surface area contributed by atoms with Crippen molar-refractivity contribution in [2.24, 2.45) is 0 Å². The van der Waals surface area contributed by atoms with Crippen molar-refractivity contribution >= 4 is 47.6 Å². The van der Waals surface area contributed by atoms with Gasteiger partial charge in [0.2, 0.25) is 5.75 Å². The van der Waals surface area contributed by atoms with Crippen molar-refractivity contribution in [3.8, 4) is 11.5 Å². The van der Waals surface area contributed by atoms with Crippen molar-refractivity contribution in [3.63, 3.8) is 0 Å². The van der Waals surface area contributed by atoms with E-state index in [1.807, 2.05) is 48.2 Å². The van der Waals surface area contributed by atoms with E-state index in [4.69, 9.17) is 28.4 Å². The molecule has 0 unspecified atom stereocenters. The fourth-order valence-corrected chi connectivity index (χ4v) is 7.67. The molecule has 65 heavy (non-hydrogen) atoms. The van der Waals surface area contributed by atoms with E-state index >= 15 is 0 Å². The molecule has 0 radical (unpaired) electrons. The van der Waals surface area contributed by atoms with Crippen molar-refractivity contribution in [3.05, 3.63) is 65.0 Å². The summed E-state index contributed by atoms with van der Waals surface area (Å²) in [5.74, 6) is 0.100. The summed E-state index contributed by atoms with van der Waals surface area (Å²) in [6.45, 7) is 21.3. The standard InChI is InChI=1S/C48H66N6O11/c1-30-26-32(27-34-35(30)39(55)53(48(34)22-16-15-17-23-48)28-31-18-20-33(60-14)21-19-31)51-37-36(61-25-24-52(40(56)62-44(2,3)4)41(57)63-45(5,6)7)38(50-29-49-37)54(42(58)64-46(8,9)10)43(59)65-47(11,12)13/h18-21,26-27,29H,15-17,22-25,28H2,1-14H3,(H,49,50,51). The van der Waals surface area contributed by atoms with Crippen LogP contribution in [0, 0.1) is 6.92 Å². The number of aryl methyl sites for hydroxylation is 1. The van der Waals surface area contributed by atoms with Crippen molar-refractivity contribution in [2.75, 3.05) is 30.5 Å². The molecule has 0 atom stereocenters. The summed E-state index contributed by atoms with van der Waals surface area (Å²) in [5.41, 5.74) is -0.862. The van der Waals surface area contributed by atoms with Crippen LogP contribution in [0.1, 0.15) is 142 Å². The molecule has 0 bridgehead atoms. The second kappa shape index (κ2) is 19.1. The summed E-state index contributed by atoms with van der Waals surface area (Å²) in [6.07, 6.45) is 1.40. The molecule has 3 aromatic rings. The lowest BCUT2D eigenvalue weighted by molar-refractivity contribution is -0.000733. The highest BCUT2D eigenvalue weighted by atomic mass is 16.6. The number of amides is 5. The second-order valence-electron chi connectivity index (χ2n) is 20.3. The molecule has 1 aliphatic carbocycles. The minimum Gasteiger partial charge on any atom is -0.497 e. The Morgan fingerprint density at radius 2 is 1.26 bits per heavy atom. The van der Waals surface area contributed by atoms with Crippen molar-refractivity contribution in [1.29, 1.82) is 0 Å². The molecular formula is C48H66N6O11. The van der Waals surface area contributed by atoms with Gasteiger partial charge in [0.15, 0.2) is 11.6 Å². The number of imide groups is 2. The van der Waals surface area contributed by atoms with Crippen LogP contribution in [0.15, 0.2) is 42.7 Å². The Morgan fingerprint density at radius 1 is 0.738 bits per heavy atom. The zero-order chi connectivity index (χ0) is 48.3. The molecule has 354 valence electrons. The fraction of sp³-hybridized carbons (Fsp3) is 0.562. The van der Waals surface area contributed by atoms with Gasteiger partial charge in [-0.15, -0.1) is 0 Å². The van der Waals surface area contributed by atoms with Gasteiger partial charge in [-0.05, 0) is 144 Å². The Hall–Kier alpha value is -6.13. The largest absolute Gasteiger partial charge is 0.497 e. The van der Waals surface area contributed by atoms with Crippen LogP contribution in [-0.2, 0) is 31.0 Å². The number of nitrogens with zero attached hydrogens (tertiary/aromatic N) is 5. The molecule has 17 nitrogen and oxygen atoms in total. The summed E-state index contributed by atoms with van der Waals surface area (Å²) in [4.78, 5) is 81.6. The number of carbonyl (C=O) groups excluding carboxylic acids is 5. The number of carbonyl (C=O) groups is 5. The Labute approximate surface area is 382 Å². The maximum atomic E-state index is 14.5. The van der Waals surface area contributed by atoms with Gasteiger partial charge in [0.05, 0.1) is 19.2 Å². The number of methoxy groups -OCH3 is 1. The number of benzene rings is 2. The number of hydrogen-bond acceptors (Lipinski definition) is 14. The molecule has 5 amide bonds. The number of hydrogen-bond donors (Lipinski definition) is 1. The lowest BCUT2D eigenvalue weighted by Gasteiger charge is -2.42. The van der Waals surface area contributed by atoms with Gasteiger partial charge in [0.1, 0.15) is 41.1 Å². The molecule has 2 aliphatic rings. The summed E-state index contributed by atoms with van der Waals surface area (Å²) in [7, 11) is 1.61. The molecule has 1 spiro atoms. The topological polar surface area (TPSA) is 188 Å². The third kappa shape index (κ3) is 12.6. The minimum atomic E-state index is -1.12. The predicted molar refractivity (Wildman–Crippen MR) is 244 cm³/mol. The van der Waals surface area contributed by atoms with E-state index in [0.717, 1.165) is 65.8 Å². The van der Waals surface area contributed by atoms with Crippen LogP contribution < -0.4 is 19.7 Å². The first kappa shape index (κ1) is 49.9. The van der Waals surface area contributed by atoms with E-state index in [-0.39, 0.29) is 23.3 Å². The van der Waals surface area contributed by atoms with E-state index in [1.165, 1.54) is 0 Å². The average molecular weight is 903 g/mol. The highest BCUT2D eigenvalue weighted by molar-refractivity contribution is 6.10. The van der Waals surface area contributed by atoms with Gasteiger partial charge in [0, 0.05) is 17.8 Å². The van der Waals surface area contributed by atoms with Crippen LogP contribution in [0.4, 0.5) is 36.5 Å². The Kier molecular flexibility index (Phi) is 14.7. The maximum absolute atomic E-state index is 14.5. The molecule has 1 aliphatic heterocycles. The summed E-state index contributed by atoms with van der Waals surface area (Å²) < 4.78 is 34.2. The van der Waals surface area contributed by atoms with E-state index in [9.17, 15) is 24.0 Å². The zero-order valence-electron chi connectivity index (χ0n) is 40.4. The van der Waals surface area contributed by atoms with Crippen LogP contribution in [0.25, 0.3) is 0 Å². The van der Waals surface area contributed by atoms with Crippen LogP contribution in [0.2, 0.25) is 0 Å². The van der Waals surface area contributed by atoms with Crippen LogP contribution in [-0.4, -0.2) is 92.7 Å². The molecule has 2 aromatic carbocycles. The van der Waals surface area contributed by atoms with E-state index in [0.29, 0.717) is 22.7 Å². The van der Waals surface area contributed by atoms with Crippen LogP contribution in [0.3, 0.4) is 0 Å². The molecule has 2 heterocycles. The third-order valence-corrected chi connectivity index (χ3v) is 10.2. The first-order valence-corrected chi connectivity index (χ1v) is 22.0. The van der Waals surface area contributed by atoms with Crippen molar-refractivity contribution < 1.29 is 52.4 Å². The SMILES string of the molecule is COc1ccc(CN2C(=O)c3c(C)cc(Nc4ncnc(N(C(=O)OC(C)(C)C)C(=O)OC(C)(C)C)c4OCCN(C(=O)OC(C)(C)C)C(=O)OC(C)(C)C)cc3C23CCCCC3)cc1. The van der Waals surface area contributed by atoms with Gasteiger partial charge in [-0.25, -0.2) is 34.0 Å².